The first-order valence-electron chi connectivity index (χ1n) is 8.05. The first-order chi connectivity index (χ1) is 12.0. The second kappa shape index (κ2) is 5.86. The number of halogens is 1. The number of imidazole rings is 1. The highest BCUT2D eigenvalue weighted by Crippen LogP contribution is 2.23. The summed E-state index contributed by atoms with van der Waals surface area (Å²) in [5, 5.41) is 5.99. The number of aromatic amines is 1. The predicted octanol–water partition coefficient (Wildman–Crippen LogP) is 1.90. The number of H-pyrrole nitrogens is 1. The maximum Gasteiger partial charge on any atom is 0.326 e. The molecule has 3 aromatic rings. The van der Waals surface area contributed by atoms with Gasteiger partial charge in [0.05, 0.1) is 11.0 Å². The van der Waals surface area contributed by atoms with Crippen LogP contribution >= 0.6 is 0 Å². The van der Waals surface area contributed by atoms with Crippen LogP contribution in [-0.2, 0) is 20.0 Å². The minimum atomic E-state index is -0.420. The molecule has 0 saturated heterocycles. The molecular formula is C18H17FN4O2. The highest BCUT2D eigenvalue weighted by Gasteiger charge is 2.19. The van der Waals surface area contributed by atoms with Crippen LogP contribution in [0.25, 0.3) is 11.0 Å². The molecule has 2 aromatic carbocycles. The molecule has 1 aliphatic rings. The molecule has 0 fully saturated rings. The van der Waals surface area contributed by atoms with Gasteiger partial charge >= 0.3 is 5.69 Å². The van der Waals surface area contributed by atoms with Crippen molar-refractivity contribution >= 4 is 22.6 Å². The number of carbonyl (C=O) groups is 1. The summed E-state index contributed by atoms with van der Waals surface area (Å²) in [4.78, 5) is 27.1. The van der Waals surface area contributed by atoms with E-state index in [-0.39, 0.29) is 11.6 Å². The van der Waals surface area contributed by atoms with E-state index >= 15 is 0 Å². The fourth-order valence-corrected chi connectivity index (χ4v) is 3.28. The molecule has 0 bridgehead atoms. The Labute approximate surface area is 142 Å². The van der Waals surface area contributed by atoms with Crippen molar-refractivity contribution in [3.63, 3.8) is 0 Å². The molecule has 25 heavy (non-hydrogen) atoms. The Bertz CT molecular complexity index is 1050. The van der Waals surface area contributed by atoms with Crippen molar-refractivity contribution < 1.29 is 9.18 Å². The van der Waals surface area contributed by atoms with E-state index in [4.69, 9.17) is 0 Å². The average molecular weight is 340 g/mol. The fraction of sp³-hybridized carbons (Fsp3) is 0.222. The second-order valence-electron chi connectivity index (χ2n) is 6.19. The molecule has 1 amide bonds. The molecule has 0 aliphatic carbocycles. The van der Waals surface area contributed by atoms with Crippen LogP contribution in [0.2, 0.25) is 0 Å². The molecule has 0 spiro atoms. The van der Waals surface area contributed by atoms with Crippen molar-refractivity contribution in [2.75, 3.05) is 11.9 Å². The van der Waals surface area contributed by atoms with E-state index in [1.54, 1.807) is 25.2 Å². The number of aryl methyl sites for hydroxylation is 1. The number of aromatic nitrogens is 2. The molecule has 2 heterocycles. The van der Waals surface area contributed by atoms with Crippen LogP contribution < -0.4 is 16.3 Å². The number of nitrogens with zero attached hydrogens (tertiary/aromatic N) is 1. The molecule has 3 N–H and O–H groups in total. The first kappa shape index (κ1) is 15.6. The smallest absolute Gasteiger partial charge is 0.322 e. The molecule has 0 unspecified atom stereocenters. The number of hydrogen-bond acceptors (Lipinski definition) is 3. The third-order valence-electron chi connectivity index (χ3n) is 4.58. The Hall–Kier alpha value is -2.93. The molecule has 1 aliphatic heterocycles. The van der Waals surface area contributed by atoms with Crippen LogP contribution in [0.3, 0.4) is 0 Å². The molecule has 0 saturated carbocycles. The van der Waals surface area contributed by atoms with Gasteiger partial charge in [0.1, 0.15) is 5.82 Å². The third kappa shape index (κ3) is 2.72. The summed E-state index contributed by atoms with van der Waals surface area (Å²) in [6.07, 6.45) is 0.684. The van der Waals surface area contributed by atoms with Gasteiger partial charge in [-0.1, -0.05) is 0 Å². The standard InChI is InChI=1S/C18H17FN4O2/c1-23-16-8-12(2-3-15(16)22-18(23)25)21-17(24)14-7-11(19)6-10-9-20-5-4-13(10)14/h2-3,6-8,20H,4-5,9H2,1H3,(H,21,24)(H,22,25). The van der Waals surface area contributed by atoms with Gasteiger partial charge in [-0.05, 0) is 54.4 Å². The summed E-state index contributed by atoms with van der Waals surface area (Å²) in [5.74, 6) is -0.770. The van der Waals surface area contributed by atoms with Crippen molar-refractivity contribution in [1.29, 1.82) is 0 Å². The average Bonchev–Trinajstić information content (AvgIpc) is 2.88. The Morgan fingerprint density at radius 2 is 2.12 bits per heavy atom. The van der Waals surface area contributed by atoms with Gasteiger partial charge in [-0.25, -0.2) is 9.18 Å². The zero-order valence-electron chi connectivity index (χ0n) is 13.6. The number of nitrogens with one attached hydrogen (secondary N) is 3. The summed E-state index contributed by atoms with van der Waals surface area (Å²) < 4.78 is 15.3. The summed E-state index contributed by atoms with van der Waals surface area (Å²) >= 11 is 0. The van der Waals surface area contributed by atoms with Crippen molar-refractivity contribution in [3.05, 3.63) is 63.3 Å². The van der Waals surface area contributed by atoms with Gasteiger partial charge < -0.3 is 15.6 Å². The Morgan fingerprint density at radius 3 is 2.96 bits per heavy atom. The Morgan fingerprint density at radius 1 is 1.28 bits per heavy atom. The van der Waals surface area contributed by atoms with E-state index in [1.165, 1.54) is 16.7 Å². The van der Waals surface area contributed by atoms with Crippen molar-refractivity contribution in [2.45, 2.75) is 13.0 Å². The number of rotatable bonds is 2. The van der Waals surface area contributed by atoms with Crippen LogP contribution in [0.1, 0.15) is 21.5 Å². The minimum absolute atomic E-state index is 0.217. The third-order valence-corrected chi connectivity index (χ3v) is 4.58. The summed E-state index contributed by atoms with van der Waals surface area (Å²) in [7, 11) is 1.66. The van der Waals surface area contributed by atoms with E-state index in [9.17, 15) is 14.0 Å². The maximum absolute atomic E-state index is 13.9. The fourth-order valence-electron chi connectivity index (χ4n) is 3.28. The number of anilines is 1. The van der Waals surface area contributed by atoms with Gasteiger partial charge in [0.2, 0.25) is 0 Å². The quantitative estimate of drug-likeness (QED) is 0.667. The van der Waals surface area contributed by atoms with Gasteiger partial charge in [-0.15, -0.1) is 0 Å². The Kier molecular flexibility index (Phi) is 3.65. The highest BCUT2D eigenvalue weighted by atomic mass is 19.1. The van der Waals surface area contributed by atoms with Gasteiger partial charge in [0.15, 0.2) is 0 Å². The number of benzene rings is 2. The molecule has 7 heteroatoms. The zero-order valence-corrected chi connectivity index (χ0v) is 13.6. The number of carbonyl (C=O) groups excluding carboxylic acids is 1. The van der Waals surface area contributed by atoms with Gasteiger partial charge in [0.25, 0.3) is 5.91 Å². The lowest BCUT2D eigenvalue weighted by molar-refractivity contribution is 0.102. The van der Waals surface area contributed by atoms with Gasteiger partial charge in [0, 0.05) is 24.8 Å². The molecule has 6 nitrogen and oxygen atoms in total. The van der Waals surface area contributed by atoms with E-state index in [2.05, 4.69) is 15.6 Å². The van der Waals surface area contributed by atoms with Crippen LogP contribution in [0, 0.1) is 5.82 Å². The lowest BCUT2D eigenvalue weighted by atomic mass is 9.94. The topological polar surface area (TPSA) is 78.9 Å². The van der Waals surface area contributed by atoms with E-state index in [0.717, 1.165) is 17.7 Å². The SMILES string of the molecule is Cn1c(=O)[nH]c2ccc(NC(=O)c3cc(F)cc4c3CCNC4)cc21. The number of amides is 1. The van der Waals surface area contributed by atoms with Gasteiger partial charge in [-0.2, -0.15) is 0 Å². The molecule has 128 valence electrons. The van der Waals surface area contributed by atoms with E-state index in [0.29, 0.717) is 35.2 Å². The Balaban J connectivity index is 1.70. The largest absolute Gasteiger partial charge is 0.326 e. The maximum atomic E-state index is 13.9. The number of hydrogen-bond donors (Lipinski definition) is 3. The predicted molar refractivity (Wildman–Crippen MR) is 93.3 cm³/mol. The molecule has 0 radical (unpaired) electrons. The van der Waals surface area contributed by atoms with E-state index in [1.807, 2.05) is 0 Å². The summed E-state index contributed by atoms with van der Waals surface area (Å²) in [6, 6.07) is 7.92. The van der Waals surface area contributed by atoms with Crippen LogP contribution in [-0.4, -0.2) is 22.0 Å². The monoisotopic (exact) mass is 340 g/mol. The summed E-state index contributed by atoms with van der Waals surface area (Å²) in [6.45, 7) is 1.32. The van der Waals surface area contributed by atoms with Crippen LogP contribution in [0.15, 0.2) is 35.1 Å². The molecular weight excluding hydrogens is 323 g/mol. The van der Waals surface area contributed by atoms with Gasteiger partial charge in [-0.3, -0.25) is 9.36 Å². The molecule has 1 aromatic heterocycles. The molecule has 4 rings (SSSR count). The van der Waals surface area contributed by atoms with Crippen LogP contribution in [0.5, 0.6) is 0 Å². The van der Waals surface area contributed by atoms with E-state index < -0.39 is 5.82 Å². The highest BCUT2D eigenvalue weighted by molar-refractivity contribution is 6.06. The second-order valence-corrected chi connectivity index (χ2v) is 6.19. The van der Waals surface area contributed by atoms with Crippen molar-refractivity contribution in [3.8, 4) is 0 Å². The summed E-state index contributed by atoms with van der Waals surface area (Å²) in [5.41, 5.74) is 3.78. The van der Waals surface area contributed by atoms with Crippen LogP contribution in [0.4, 0.5) is 10.1 Å². The lowest BCUT2D eigenvalue weighted by Crippen LogP contribution is -2.27. The van der Waals surface area contributed by atoms with Crippen molar-refractivity contribution in [1.82, 2.24) is 14.9 Å². The lowest BCUT2D eigenvalue weighted by Gasteiger charge is -2.20. The first-order valence-corrected chi connectivity index (χ1v) is 8.05. The zero-order chi connectivity index (χ0) is 17.6. The van der Waals surface area contributed by atoms with Crippen molar-refractivity contribution in [2.24, 2.45) is 7.05 Å². The number of fused-ring (bicyclic) bond motifs is 2. The minimum Gasteiger partial charge on any atom is -0.322 e. The molecule has 0 atom stereocenters. The normalized spacial score (nSPS) is 13.7.